The van der Waals surface area contributed by atoms with Gasteiger partial charge in [-0.25, -0.2) is 4.98 Å². The number of hydrogen-bond acceptors (Lipinski definition) is 7. The van der Waals surface area contributed by atoms with Crippen LogP contribution in [0.3, 0.4) is 0 Å². The van der Waals surface area contributed by atoms with Gasteiger partial charge in [0.25, 0.3) is 0 Å². The molecule has 0 aliphatic carbocycles. The predicted octanol–water partition coefficient (Wildman–Crippen LogP) is 3.66. The molecule has 1 saturated heterocycles. The lowest BCUT2D eigenvalue weighted by Crippen LogP contribution is -2.47. The highest BCUT2D eigenvalue weighted by Gasteiger charge is 2.25. The summed E-state index contributed by atoms with van der Waals surface area (Å²) in [6.07, 6.45) is 7.68. The molecule has 0 N–H and O–H groups in total. The van der Waals surface area contributed by atoms with E-state index in [2.05, 4.69) is 56.3 Å². The van der Waals surface area contributed by atoms with Crippen molar-refractivity contribution < 1.29 is 0 Å². The van der Waals surface area contributed by atoms with Crippen LogP contribution in [-0.2, 0) is 5.75 Å². The SMILES string of the molecule is CN(c1cncc(SCc2ccccc2)n1)C1CCCN(c2cccnn2)C1. The van der Waals surface area contributed by atoms with Crippen molar-refractivity contribution in [3.05, 3.63) is 66.6 Å². The number of benzene rings is 1. The van der Waals surface area contributed by atoms with Crippen molar-refractivity contribution in [2.24, 2.45) is 0 Å². The van der Waals surface area contributed by atoms with Gasteiger partial charge in [-0.2, -0.15) is 5.10 Å². The third-order valence-corrected chi connectivity index (χ3v) is 5.99. The van der Waals surface area contributed by atoms with E-state index >= 15 is 0 Å². The van der Waals surface area contributed by atoms with E-state index in [1.54, 1.807) is 18.0 Å². The highest BCUT2D eigenvalue weighted by Crippen LogP contribution is 2.25. The normalized spacial score (nSPS) is 16.8. The van der Waals surface area contributed by atoms with Gasteiger partial charge in [-0.3, -0.25) is 4.98 Å². The molecule has 1 aromatic carbocycles. The third-order valence-electron chi connectivity index (χ3n) is 5.02. The first-order chi connectivity index (χ1) is 13.8. The fourth-order valence-electron chi connectivity index (χ4n) is 3.44. The van der Waals surface area contributed by atoms with Crippen LogP contribution < -0.4 is 9.80 Å². The van der Waals surface area contributed by atoms with Crippen molar-refractivity contribution in [1.82, 2.24) is 20.2 Å². The number of likely N-dealkylation sites (N-methyl/N-ethyl adjacent to an activating group) is 1. The van der Waals surface area contributed by atoms with Crippen LogP contribution in [0.2, 0.25) is 0 Å². The topological polar surface area (TPSA) is 58.0 Å². The second kappa shape index (κ2) is 9.01. The van der Waals surface area contributed by atoms with Crippen molar-refractivity contribution in [1.29, 1.82) is 0 Å². The van der Waals surface area contributed by atoms with Crippen LogP contribution in [0.25, 0.3) is 0 Å². The number of hydrogen-bond donors (Lipinski definition) is 0. The molecular formula is C21H24N6S. The van der Waals surface area contributed by atoms with Gasteiger partial charge >= 0.3 is 0 Å². The Morgan fingerprint density at radius 1 is 1.14 bits per heavy atom. The Morgan fingerprint density at radius 3 is 2.86 bits per heavy atom. The van der Waals surface area contributed by atoms with Crippen LogP contribution in [0.1, 0.15) is 18.4 Å². The minimum absolute atomic E-state index is 0.374. The first kappa shape index (κ1) is 18.7. The van der Waals surface area contributed by atoms with Crippen LogP contribution in [0, 0.1) is 0 Å². The summed E-state index contributed by atoms with van der Waals surface area (Å²) in [5.74, 6) is 2.76. The van der Waals surface area contributed by atoms with Gasteiger partial charge < -0.3 is 9.80 Å². The van der Waals surface area contributed by atoms with Crippen molar-refractivity contribution in [3.8, 4) is 0 Å². The van der Waals surface area contributed by atoms with E-state index in [0.717, 1.165) is 48.3 Å². The lowest BCUT2D eigenvalue weighted by atomic mass is 10.0. The van der Waals surface area contributed by atoms with E-state index in [1.165, 1.54) is 5.56 Å². The molecule has 6 nitrogen and oxygen atoms in total. The highest BCUT2D eigenvalue weighted by molar-refractivity contribution is 7.98. The third kappa shape index (κ3) is 4.59. The molecule has 0 spiro atoms. The summed E-state index contributed by atoms with van der Waals surface area (Å²) in [5, 5.41) is 9.23. The molecule has 1 aliphatic rings. The fraction of sp³-hybridized carbons (Fsp3) is 0.333. The molecule has 0 radical (unpaired) electrons. The van der Waals surface area contributed by atoms with Crippen LogP contribution in [-0.4, -0.2) is 46.3 Å². The maximum atomic E-state index is 4.84. The molecule has 0 bridgehead atoms. The minimum Gasteiger partial charge on any atom is -0.354 e. The van der Waals surface area contributed by atoms with Gasteiger partial charge in [0.1, 0.15) is 10.8 Å². The molecule has 7 heteroatoms. The van der Waals surface area contributed by atoms with E-state index in [4.69, 9.17) is 4.98 Å². The maximum absolute atomic E-state index is 4.84. The summed E-state index contributed by atoms with van der Waals surface area (Å²) < 4.78 is 0. The summed E-state index contributed by atoms with van der Waals surface area (Å²) in [5.41, 5.74) is 1.29. The lowest BCUT2D eigenvalue weighted by molar-refractivity contribution is 0.481. The van der Waals surface area contributed by atoms with E-state index in [1.807, 2.05) is 30.6 Å². The largest absolute Gasteiger partial charge is 0.354 e. The van der Waals surface area contributed by atoms with Crippen molar-refractivity contribution in [2.75, 3.05) is 29.9 Å². The summed E-state index contributed by atoms with van der Waals surface area (Å²) >= 11 is 1.72. The summed E-state index contributed by atoms with van der Waals surface area (Å²) in [4.78, 5) is 13.8. The maximum Gasteiger partial charge on any atom is 0.151 e. The Labute approximate surface area is 170 Å². The fourth-order valence-corrected chi connectivity index (χ4v) is 4.24. The second-order valence-corrected chi connectivity index (χ2v) is 7.92. The molecule has 4 rings (SSSR count). The molecule has 3 aromatic rings. The van der Waals surface area contributed by atoms with E-state index < -0.39 is 0 Å². The zero-order chi connectivity index (χ0) is 19.2. The molecule has 0 saturated carbocycles. The second-order valence-electron chi connectivity index (χ2n) is 6.92. The molecular weight excluding hydrogens is 368 g/mol. The highest BCUT2D eigenvalue weighted by atomic mass is 32.2. The number of thioether (sulfide) groups is 1. The molecule has 2 aromatic heterocycles. The van der Waals surface area contributed by atoms with Gasteiger partial charge in [0.2, 0.25) is 0 Å². The Balaban J connectivity index is 1.42. The summed E-state index contributed by atoms with van der Waals surface area (Å²) in [7, 11) is 2.11. The molecule has 3 heterocycles. The van der Waals surface area contributed by atoms with Crippen molar-refractivity contribution in [2.45, 2.75) is 29.7 Å². The molecule has 28 heavy (non-hydrogen) atoms. The smallest absolute Gasteiger partial charge is 0.151 e. The minimum atomic E-state index is 0.374. The number of nitrogens with zero attached hydrogens (tertiary/aromatic N) is 6. The van der Waals surface area contributed by atoms with Crippen LogP contribution in [0.4, 0.5) is 11.6 Å². The van der Waals surface area contributed by atoms with Gasteiger partial charge in [-0.15, -0.1) is 16.9 Å². The zero-order valence-corrected chi connectivity index (χ0v) is 16.8. The number of rotatable bonds is 6. The molecule has 1 aliphatic heterocycles. The van der Waals surface area contributed by atoms with Crippen LogP contribution in [0.5, 0.6) is 0 Å². The first-order valence-electron chi connectivity index (χ1n) is 9.54. The Bertz CT molecular complexity index is 876. The van der Waals surface area contributed by atoms with E-state index in [-0.39, 0.29) is 0 Å². The summed E-state index contributed by atoms with van der Waals surface area (Å²) in [6, 6.07) is 14.8. The van der Waals surface area contributed by atoms with Gasteiger partial charge in [-0.1, -0.05) is 30.3 Å². The zero-order valence-electron chi connectivity index (χ0n) is 16.0. The standard InChI is InChI=1S/C21H24N6S/c1-26(18-9-6-12-27(15-18)19-10-5-11-23-25-19)20-13-22-14-21(24-20)28-16-17-7-3-2-4-8-17/h2-5,7-8,10-11,13-14,18H,6,9,12,15-16H2,1H3. The number of piperidine rings is 1. The van der Waals surface area contributed by atoms with Crippen LogP contribution >= 0.6 is 11.8 Å². The molecule has 1 unspecified atom stereocenters. The average molecular weight is 393 g/mol. The molecule has 0 amide bonds. The van der Waals surface area contributed by atoms with Gasteiger partial charge in [0.05, 0.1) is 12.4 Å². The van der Waals surface area contributed by atoms with Gasteiger partial charge in [-0.05, 0) is 30.5 Å². The van der Waals surface area contributed by atoms with Crippen molar-refractivity contribution >= 4 is 23.4 Å². The quantitative estimate of drug-likeness (QED) is 0.593. The Kier molecular flexibility index (Phi) is 6.01. The first-order valence-corrected chi connectivity index (χ1v) is 10.5. The van der Waals surface area contributed by atoms with Gasteiger partial charge in [0.15, 0.2) is 5.82 Å². The summed E-state index contributed by atoms with van der Waals surface area (Å²) in [6.45, 7) is 1.93. The number of aromatic nitrogens is 4. The number of anilines is 2. The van der Waals surface area contributed by atoms with Gasteiger partial charge in [0, 0.05) is 38.1 Å². The monoisotopic (exact) mass is 392 g/mol. The lowest BCUT2D eigenvalue weighted by Gasteiger charge is -2.38. The van der Waals surface area contributed by atoms with E-state index in [0.29, 0.717) is 6.04 Å². The van der Waals surface area contributed by atoms with Crippen molar-refractivity contribution in [3.63, 3.8) is 0 Å². The molecule has 1 fully saturated rings. The average Bonchev–Trinajstić information content (AvgIpc) is 2.79. The molecule has 1 atom stereocenters. The Morgan fingerprint density at radius 2 is 2.04 bits per heavy atom. The predicted molar refractivity (Wildman–Crippen MR) is 114 cm³/mol. The van der Waals surface area contributed by atoms with E-state index in [9.17, 15) is 0 Å². The Hall–Kier alpha value is -2.67. The van der Waals surface area contributed by atoms with Crippen LogP contribution in [0.15, 0.2) is 66.1 Å². The molecule has 144 valence electrons.